The van der Waals surface area contributed by atoms with E-state index in [2.05, 4.69) is 0 Å². The lowest BCUT2D eigenvalue weighted by Gasteiger charge is -2.38. The van der Waals surface area contributed by atoms with E-state index in [9.17, 15) is 23.5 Å². The third-order valence-electron chi connectivity index (χ3n) is 3.73. The molecular formula is C14H14F2N2O3. The van der Waals surface area contributed by atoms with Crippen LogP contribution in [-0.2, 0) is 9.59 Å². The second kappa shape index (κ2) is 5.07. The van der Waals surface area contributed by atoms with E-state index in [4.69, 9.17) is 0 Å². The summed E-state index contributed by atoms with van der Waals surface area (Å²) in [5.74, 6) is -3.07. The quantitative estimate of drug-likeness (QED) is 0.833. The van der Waals surface area contributed by atoms with Crippen LogP contribution in [0, 0.1) is 11.6 Å². The molecule has 112 valence electrons. The molecule has 21 heavy (non-hydrogen) atoms. The Hall–Kier alpha value is -2.02. The number of hydrogen-bond donors (Lipinski definition) is 1. The third-order valence-corrected chi connectivity index (χ3v) is 3.73. The Morgan fingerprint density at radius 1 is 1.05 bits per heavy atom. The van der Waals surface area contributed by atoms with E-state index in [-0.39, 0.29) is 18.5 Å². The van der Waals surface area contributed by atoms with E-state index < -0.39 is 35.2 Å². The Kier molecular flexibility index (Phi) is 3.36. The van der Waals surface area contributed by atoms with Crippen LogP contribution in [0.3, 0.4) is 0 Å². The Morgan fingerprint density at radius 3 is 2.05 bits per heavy atom. The summed E-state index contributed by atoms with van der Waals surface area (Å²) in [5, 5.41) is 9.22. The Balaban J connectivity index is 1.96. The van der Waals surface area contributed by atoms with Crippen molar-refractivity contribution in [3.63, 3.8) is 0 Å². The summed E-state index contributed by atoms with van der Waals surface area (Å²) in [7, 11) is 0. The average Bonchev–Trinajstić information content (AvgIpc) is 2.37. The number of aliphatic hydroxyl groups is 1. The molecule has 0 bridgehead atoms. The summed E-state index contributed by atoms with van der Waals surface area (Å²) in [4.78, 5) is 25.7. The zero-order chi connectivity index (χ0) is 15.1. The number of benzene rings is 1. The van der Waals surface area contributed by atoms with Gasteiger partial charge >= 0.3 is 0 Å². The smallest absolute Gasteiger partial charge is 0.233 e. The number of β-amino-alcohol motifs (C(OH)–C–C–N with tert-alkyl or cyclic N) is 1. The van der Waals surface area contributed by atoms with E-state index in [1.807, 2.05) is 0 Å². The first-order valence-electron chi connectivity index (χ1n) is 6.75. The van der Waals surface area contributed by atoms with Crippen LogP contribution in [0.2, 0.25) is 0 Å². The fourth-order valence-electron chi connectivity index (χ4n) is 2.62. The number of imide groups is 1. The average molecular weight is 296 g/mol. The summed E-state index contributed by atoms with van der Waals surface area (Å²) < 4.78 is 28.4. The van der Waals surface area contributed by atoms with Crippen molar-refractivity contribution in [1.82, 2.24) is 0 Å². The molecule has 1 aromatic carbocycles. The molecule has 2 amide bonds. The molecule has 2 saturated heterocycles. The highest BCUT2D eigenvalue weighted by Gasteiger charge is 2.33. The van der Waals surface area contributed by atoms with Crippen LogP contribution >= 0.6 is 0 Å². The number of halogens is 2. The summed E-state index contributed by atoms with van der Waals surface area (Å²) in [6.07, 6.45) is 0.109. The maximum absolute atomic E-state index is 14.2. The molecule has 0 atom stereocenters. The van der Waals surface area contributed by atoms with E-state index in [0.29, 0.717) is 24.4 Å². The molecule has 7 heteroatoms. The summed E-state index contributed by atoms with van der Waals surface area (Å²) in [5.41, 5.74) is -0.314. The Labute approximate surface area is 119 Å². The Bertz CT molecular complexity index is 575. The Morgan fingerprint density at radius 2 is 1.57 bits per heavy atom. The highest BCUT2D eigenvalue weighted by Crippen LogP contribution is 2.32. The van der Waals surface area contributed by atoms with Gasteiger partial charge in [-0.15, -0.1) is 0 Å². The molecule has 0 aromatic heterocycles. The number of carbonyl (C=O) groups excluding carboxylic acids is 2. The van der Waals surface area contributed by atoms with Gasteiger partial charge in [-0.2, -0.15) is 0 Å². The first-order valence-corrected chi connectivity index (χ1v) is 6.75. The molecule has 0 aliphatic carbocycles. The lowest BCUT2D eigenvalue weighted by atomic mass is 10.1. The van der Waals surface area contributed by atoms with Crippen molar-refractivity contribution < 1.29 is 23.5 Å². The molecule has 2 aliphatic rings. The minimum atomic E-state index is -0.949. The summed E-state index contributed by atoms with van der Waals surface area (Å²) in [6.45, 7) is 0.611. The van der Waals surface area contributed by atoms with E-state index in [0.717, 1.165) is 12.1 Å². The van der Waals surface area contributed by atoms with Crippen LogP contribution in [-0.4, -0.2) is 36.1 Å². The molecule has 2 fully saturated rings. The van der Waals surface area contributed by atoms with Gasteiger partial charge < -0.3 is 10.0 Å². The van der Waals surface area contributed by atoms with Gasteiger partial charge in [-0.25, -0.2) is 13.7 Å². The molecule has 3 rings (SSSR count). The number of carbonyl (C=O) groups is 2. The molecule has 2 aliphatic heterocycles. The van der Waals surface area contributed by atoms with E-state index in [1.54, 1.807) is 4.90 Å². The van der Waals surface area contributed by atoms with Gasteiger partial charge in [0.2, 0.25) is 11.8 Å². The van der Waals surface area contributed by atoms with Crippen molar-refractivity contribution in [3.8, 4) is 0 Å². The lowest BCUT2D eigenvalue weighted by Crippen LogP contribution is -2.51. The van der Waals surface area contributed by atoms with E-state index in [1.165, 1.54) is 0 Å². The largest absolute Gasteiger partial charge is 0.389 e. The van der Waals surface area contributed by atoms with Crippen molar-refractivity contribution in [2.24, 2.45) is 0 Å². The minimum absolute atomic E-state index is 0.102. The van der Waals surface area contributed by atoms with Crippen molar-refractivity contribution in [2.45, 2.75) is 25.4 Å². The van der Waals surface area contributed by atoms with Gasteiger partial charge in [0.25, 0.3) is 0 Å². The zero-order valence-corrected chi connectivity index (χ0v) is 11.2. The van der Waals surface area contributed by atoms with Crippen LogP contribution < -0.4 is 9.80 Å². The second-order valence-electron chi connectivity index (χ2n) is 5.29. The molecular weight excluding hydrogens is 282 g/mol. The number of nitrogens with zero attached hydrogens (tertiary/aromatic N) is 2. The van der Waals surface area contributed by atoms with Crippen LogP contribution in [0.25, 0.3) is 0 Å². The SMILES string of the molecule is O=C1CCCC(=O)N1c1c(F)cc(N2CC(O)C2)cc1F. The minimum Gasteiger partial charge on any atom is -0.389 e. The molecule has 0 saturated carbocycles. The van der Waals surface area contributed by atoms with Crippen LogP contribution in [0.4, 0.5) is 20.2 Å². The fourth-order valence-corrected chi connectivity index (χ4v) is 2.62. The van der Waals surface area contributed by atoms with Crippen molar-refractivity contribution in [1.29, 1.82) is 0 Å². The predicted molar refractivity (Wildman–Crippen MR) is 70.9 cm³/mol. The van der Waals surface area contributed by atoms with Gasteiger partial charge in [0.15, 0.2) is 11.6 Å². The first kappa shape index (κ1) is 13.9. The normalized spacial score (nSPS) is 20.0. The predicted octanol–water partition coefficient (Wildman–Crippen LogP) is 1.19. The van der Waals surface area contributed by atoms with Crippen molar-refractivity contribution >= 4 is 23.2 Å². The van der Waals surface area contributed by atoms with Crippen molar-refractivity contribution in [2.75, 3.05) is 22.9 Å². The number of anilines is 2. The van der Waals surface area contributed by atoms with Gasteiger partial charge in [-0.3, -0.25) is 9.59 Å². The first-order chi connectivity index (χ1) is 9.97. The molecule has 0 radical (unpaired) electrons. The monoisotopic (exact) mass is 296 g/mol. The van der Waals surface area contributed by atoms with Crippen molar-refractivity contribution in [3.05, 3.63) is 23.8 Å². The highest BCUT2D eigenvalue weighted by atomic mass is 19.1. The second-order valence-corrected chi connectivity index (χ2v) is 5.29. The topological polar surface area (TPSA) is 60.9 Å². The third kappa shape index (κ3) is 2.37. The van der Waals surface area contributed by atoms with Gasteiger partial charge in [0, 0.05) is 31.6 Å². The van der Waals surface area contributed by atoms with Gasteiger partial charge in [-0.1, -0.05) is 0 Å². The lowest BCUT2D eigenvalue weighted by molar-refractivity contribution is -0.129. The van der Waals surface area contributed by atoms with E-state index >= 15 is 0 Å². The summed E-state index contributed by atoms with van der Waals surface area (Å²) in [6, 6.07) is 2.17. The maximum atomic E-state index is 14.2. The zero-order valence-electron chi connectivity index (χ0n) is 11.2. The fraction of sp³-hybridized carbons (Fsp3) is 0.429. The standard InChI is InChI=1S/C14H14F2N2O3/c15-10-4-8(17-6-9(19)7-17)5-11(16)14(10)18-12(20)2-1-3-13(18)21/h4-5,9,19H,1-3,6-7H2. The molecule has 1 N–H and O–H groups in total. The number of amides is 2. The highest BCUT2D eigenvalue weighted by molar-refractivity contribution is 6.16. The number of aliphatic hydroxyl groups excluding tert-OH is 1. The maximum Gasteiger partial charge on any atom is 0.233 e. The van der Waals surface area contributed by atoms with Crippen LogP contribution in [0.15, 0.2) is 12.1 Å². The number of piperidine rings is 1. The number of rotatable bonds is 2. The molecule has 2 heterocycles. The molecule has 0 spiro atoms. The molecule has 0 unspecified atom stereocenters. The van der Waals surface area contributed by atoms with Crippen LogP contribution in [0.1, 0.15) is 19.3 Å². The van der Waals surface area contributed by atoms with Gasteiger partial charge in [-0.05, 0) is 18.6 Å². The molecule has 5 nitrogen and oxygen atoms in total. The summed E-state index contributed by atoms with van der Waals surface area (Å²) >= 11 is 0. The van der Waals surface area contributed by atoms with Crippen LogP contribution in [0.5, 0.6) is 0 Å². The van der Waals surface area contributed by atoms with Gasteiger partial charge in [0.1, 0.15) is 5.69 Å². The number of hydrogen-bond acceptors (Lipinski definition) is 4. The van der Waals surface area contributed by atoms with Gasteiger partial charge in [0.05, 0.1) is 6.10 Å². The molecule has 1 aromatic rings.